The van der Waals surface area contributed by atoms with Gasteiger partial charge >= 0.3 is 0 Å². The van der Waals surface area contributed by atoms with Crippen molar-refractivity contribution in [3.05, 3.63) is 113 Å². The third-order valence-electron chi connectivity index (χ3n) is 9.21. The van der Waals surface area contributed by atoms with Crippen LogP contribution >= 0.6 is 0 Å². The molecule has 6 aromatic rings. The number of rotatable bonds is 3. The smallest absolute Gasteiger partial charge is 0.144 e. The van der Waals surface area contributed by atoms with Crippen LogP contribution in [0.15, 0.2) is 95.5 Å². The van der Waals surface area contributed by atoms with Crippen molar-refractivity contribution in [2.75, 3.05) is 0 Å². The first kappa shape index (κ1) is 19.9. The molecule has 2 heteroatoms. The molecule has 0 fully saturated rings. The number of hydrogen-bond acceptors (Lipinski definition) is 2. The van der Waals surface area contributed by atoms with Crippen molar-refractivity contribution in [3.63, 3.8) is 0 Å². The Morgan fingerprint density at radius 3 is 2.31 bits per heavy atom. The summed E-state index contributed by atoms with van der Waals surface area (Å²) in [7, 11) is 0. The summed E-state index contributed by atoms with van der Waals surface area (Å²) in [6, 6.07) is 24.5. The average Bonchev–Trinajstić information content (AvgIpc) is 3.38. The molecule has 7 rings (SSSR count). The standard InChI is InChI=1S/C40H39NO/c1-25-21-27(28-16-18-34-35(22-28)40(5,6)20-10-19-39(34,3)4)15-17-29(25)33-23-36(41-24-26(33)2)32-13-9-12-31-30-11-7-8-14-37(30)42-38(31)32/h7-9,11-18,21-24H,10,19-20H2,1-6H3/i1D3,2D3,17D. The predicted octanol–water partition coefficient (Wildman–Crippen LogP) is 11.3. The maximum atomic E-state index is 9.29. The number of para-hydroxylation sites is 2. The first-order valence-electron chi connectivity index (χ1n) is 18.2. The van der Waals surface area contributed by atoms with E-state index in [0.717, 1.165) is 35.6 Å². The molecule has 2 aromatic heterocycles. The lowest BCUT2D eigenvalue weighted by Crippen LogP contribution is -2.21. The van der Waals surface area contributed by atoms with E-state index in [2.05, 4.69) is 44.8 Å². The van der Waals surface area contributed by atoms with E-state index in [1.165, 1.54) is 17.3 Å². The van der Waals surface area contributed by atoms with Crippen LogP contribution in [0.25, 0.3) is 55.4 Å². The summed E-state index contributed by atoms with van der Waals surface area (Å²) in [6.07, 6.45) is 4.53. The number of aromatic nitrogens is 1. The summed E-state index contributed by atoms with van der Waals surface area (Å²) < 4.78 is 66.5. The zero-order valence-corrected chi connectivity index (χ0v) is 24.6. The van der Waals surface area contributed by atoms with Gasteiger partial charge in [-0.05, 0) is 100 Å². The van der Waals surface area contributed by atoms with Crippen LogP contribution in [0.4, 0.5) is 0 Å². The molecule has 42 heavy (non-hydrogen) atoms. The predicted molar refractivity (Wildman–Crippen MR) is 177 cm³/mol. The van der Waals surface area contributed by atoms with Crippen LogP contribution in [0.3, 0.4) is 0 Å². The van der Waals surface area contributed by atoms with Crippen molar-refractivity contribution in [1.82, 2.24) is 4.98 Å². The number of hydrogen-bond donors (Lipinski definition) is 0. The molecule has 2 nitrogen and oxygen atoms in total. The third-order valence-corrected chi connectivity index (χ3v) is 9.21. The second-order valence-corrected chi connectivity index (χ2v) is 13.0. The van der Waals surface area contributed by atoms with Crippen molar-refractivity contribution < 1.29 is 14.0 Å². The minimum atomic E-state index is -2.64. The average molecular weight is 557 g/mol. The molecule has 1 aliphatic rings. The van der Waals surface area contributed by atoms with Gasteiger partial charge in [0.05, 0.1) is 7.06 Å². The van der Waals surface area contributed by atoms with E-state index in [9.17, 15) is 1.37 Å². The van der Waals surface area contributed by atoms with Crippen LogP contribution in [-0.4, -0.2) is 4.98 Å². The first-order valence-corrected chi connectivity index (χ1v) is 14.7. The zero-order chi connectivity index (χ0) is 35.1. The second kappa shape index (κ2) is 9.70. The van der Waals surface area contributed by atoms with Gasteiger partial charge in [0.25, 0.3) is 0 Å². The molecular weight excluding hydrogens is 510 g/mol. The molecule has 0 saturated heterocycles. The minimum Gasteiger partial charge on any atom is -0.455 e. The van der Waals surface area contributed by atoms with Crippen molar-refractivity contribution in [3.8, 4) is 33.5 Å². The highest BCUT2D eigenvalue weighted by molar-refractivity contribution is 6.09. The van der Waals surface area contributed by atoms with Crippen LogP contribution in [0, 0.1) is 13.7 Å². The zero-order valence-electron chi connectivity index (χ0n) is 31.6. The van der Waals surface area contributed by atoms with Gasteiger partial charge in [0.2, 0.25) is 0 Å². The van der Waals surface area contributed by atoms with E-state index in [4.69, 9.17) is 12.6 Å². The largest absolute Gasteiger partial charge is 0.455 e. The number of pyridine rings is 1. The van der Waals surface area contributed by atoms with E-state index >= 15 is 0 Å². The van der Waals surface area contributed by atoms with Crippen LogP contribution in [0.5, 0.6) is 0 Å². The van der Waals surface area contributed by atoms with Gasteiger partial charge < -0.3 is 4.42 Å². The number of nitrogens with zero attached hydrogens (tertiary/aromatic N) is 1. The molecule has 0 N–H and O–H groups in total. The second-order valence-electron chi connectivity index (χ2n) is 13.0. The lowest BCUT2D eigenvalue weighted by molar-refractivity contribution is 0.433. The molecule has 0 aliphatic heterocycles. The van der Waals surface area contributed by atoms with Crippen LogP contribution in [-0.2, 0) is 10.8 Å². The highest BCUT2D eigenvalue weighted by atomic mass is 16.3. The van der Waals surface area contributed by atoms with Gasteiger partial charge in [0.15, 0.2) is 0 Å². The topological polar surface area (TPSA) is 26.0 Å². The van der Waals surface area contributed by atoms with Crippen molar-refractivity contribution in [2.45, 2.75) is 71.5 Å². The summed E-state index contributed by atoms with van der Waals surface area (Å²) in [5.41, 5.74) is 6.29. The molecular formula is C40H39NO. The summed E-state index contributed by atoms with van der Waals surface area (Å²) in [6.45, 7) is 3.81. The minimum absolute atomic E-state index is 0.00730. The Morgan fingerprint density at radius 1 is 0.714 bits per heavy atom. The van der Waals surface area contributed by atoms with Crippen molar-refractivity contribution >= 4 is 21.9 Å². The molecule has 0 spiro atoms. The SMILES string of the molecule is [2H]c1cc(-c2ccc3c(c2)C(C)(C)CCCC3(C)C)cc(C([2H])([2H])[2H])c1-c1cc(-c2cccc3c2oc2ccccc23)ncc1C([2H])([2H])[2H]. The monoisotopic (exact) mass is 556 g/mol. The van der Waals surface area contributed by atoms with Crippen LogP contribution in [0.1, 0.15) is 78.8 Å². The maximum Gasteiger partial charge on any atom is 0.144 e. The summed E-state index contributed by atoms with van der Waals surface area (Å²) in [4.78, 5) is 4.56. The van der Waals surface area contributed by atoms with E-state index in [1.54, 1.807) is 18.2 Å². The van der Waals surface area contributed by atoms with Gasteiger partial charge in [0.1, 0.15) is 11.2 Å². The molecule has 1 aliphatic carbocycles. The Hall–Kier alpha value is -4.17. The van der Waals surface area contributed by atoms with Gasteiger partial charge in [-0.2, -0.15) is 0 Å². The fraction of sp³-hybridized carbons (Fsp3) is 0.275. The molecule has 0 saturated carbocycles. The van der Waals surface area contributed by atoms with Crippen LogP contribution in [0.2, 0.25) is 0 Å². The molecule has 2 heterocycles. The Labute approximate surface area is 259 Å². The molecule has 0 atom stereocenters. The molecule has 4 aromatic carbocycles. The third kappa shape index (κ3) is 4.36. The maximum absolute atomic E-state index is 9.29. The Morgan fingerprint density at radius 2 is 1.48 bits per heavy atom. The van der Waals surface area contributed by atoms with Gasteiger partial charge in [-0.15, -0.1) is 0 Å². The van der Waals surface area contributed by atoms with E-state index < -0.39 is 13.7 Å². The summed E-state index contributed by atoms with van der Waals surface area (Å²) in [5, 5.41) is 1.83. The van der Waals surface area contributed by atoms with Gasteiger partial charge in [0, 0.05) is 30.8 Å². The number of benzene rings is 4. The Bertz CT molecular complexity index is 2260. The fourth-order valence-electron chi connectivity index (χ4n) is 6.76. The van der Waals surface area contributed by atoms with E-state index in [1.807, 2.05) is 48.5 Å². The Kier molecular flexibility index (Phi) is 4.59. The van der Waals surface area contributed by atoms with Gasteiger partial charge in [-0.1, -0.05) is 101 Å². The fourth-order valence-corrected chi connectivity index (χ4v) is 6.76. The lowest BCUT2D eigenvalue weighted by atomic mass is 9.74. The van der Waals surface area contributed by atoms with Gasteiger partial charge in [-0.25, -0.2) is 0 Å². The van der Waals surface area contributed by atoms with E-state index in [-0.39, 0.29) is 39.1 Å². The quantitative estimate of drug-likeness (QED) is 0.203. The number of aryl methyl sites for hydroxylation is 2. The molecule has 0 unspecified atom stereocenters. The van der Waals surface area contributed by atoms with Crippen LogP contribution < -0.4 is 0 Å². The first-order chi connectivity index (χ1) is 23.0. The molecule has 210 valence electrons. The lowest BCUT2D eigenvalue weighted by Gasteiger charge is -2.30. The number of fused-ring (bicyclic) bond motifs is 4. The molecule has 0 bridgehead atoms. The summed E-state index contributed by atoms with van der Waals surface area (Å²) >= 11 is 0. The Balaban J connectivity index is 1.45. The normalized spacial score (nSPS) is 19.0. The molecule has 0 amide bonds. The van der Waals surface area contributed by atoms with E-state index in [0.29, 0.717) is 28.0 Å². The molecule has 0 radical (unpaired) electrons. The number of furan rings is 1. The van der Waals surface area contributed by atoms with Crippen molar-refractivity contribution in [1.29, 1.82) is 0 Å². The van der Waals surface area contributed by atoms with Crippen molar-refractivity contribution in [2.24, 2.45) is 0 Å². The highest BCUT2D eigenvalue weighted by Crippen LogP contribution is 2.45. The summed E-state index contributed by atoms with van der Waals surface area (Å²) in [5.74, 6) is 0. The van der Waals surface area contributed by atoms with Gasteiger partial charge in [-0.3, -0.25) is 4.98 Å². The highest BCUT2D eigenvalue weighted by Gasteiger charge is 2.34.